The first-order chi connectivity index (χ1) is 17.0. The Bertz CT molecular complexity index is 869. The van der Waals surface area contributed by atoms with Crippen LogP contribution in [0.3, 0.4) is 0 Å². The fourth-order valence-corrected chi connectivity index (χ4v) is 3.83. The second-order valence-corrected chi connectivity index (χ2v) is 8.57. The number of urea groups is 1. The van der Waals surface area contributed by atoms with E-state index in [0.717, 1.165) is 24.8 Å². The number of nitrogens with one attached hydrogen (secondary N) is 1. The number of hydrogen-bond donors (Lipinski definition) is 2. The molecule has 0 radical (unpaired) electrons. The molecule has 0 saturated carbocycles. The molecule has 0 bridgehead atoms. The molecule has 2 amide bonds. The Balaban J connectivity index is 1.87. The molecule has 0 heterocycles. The van der Waals surface area contributed by atoms with Crippen molar-refractivity contribution in [1.82, 2.24) is 10.2 Å². The lowest BCUT2D eigenvalue weighted by atomic mass is 10.0. The van der Waals surface area contributed by atoms with E-state index in [4.69, 9.17) is 9.47 Å². The average Bonchev–Trinajstić information content (AvgIpc) is 2.87. The third-order valence-electron chi connectivity index (χ3n) is 6.07. The number of amides is 2. The van der Waals surface area contributed by atoms with Crippen LogP contribution in [-0.4, -0.2) is 61.0 Å². The summed E-state index contributed by atoms with van der Waals surface area (Å²) in [4.78, 5) is 26.0. The van der Waals surface area contributed by atoms with Crippen LogP contribution in [0, 0.1) is 5.92 Å². The van der Waals surface area contributed by atoms with Gasteiger partial charge in [0.1, 0.15) is 12.4 Å². The fraction of sp³-hybridized carbons (Fsp3) is 0.500. The zero-order valence-corrected chi connectivity index (χ0v) is 21.2. The van der Waals surface area contributed by atoms with E-state index in [0.29, 0.717) is 50.9 Å². The van der Waals surface area contributed by atoms with Crippen LogP contribution in [0.5, 0.6) is 5.75 Å². The van der Waals surface area contributed by atoms with Gasteiger partial charge in [-0.3, -0.25) is 0 Å². The van der Waals surface area contributed by atoms with Crippen LogP contribution in [0.25, 0.3) is 0 Å². The summed E-state index contributed by atoms with van der Waals surface area (Å²) in [6, 6.07) is 17.4. The van der Waals surface area contributed by atoms with Crippen LogP contribution >= 0.6 is 0 Å². The topological polar surface area (TPSA) is 88.1 Å². The van der Waals surface area contributed by atoms with Crippen molar-refractivity contribution in [1.29, 1.82) is 0 Å². The number of ether oxygens (including phenoxy) is 2. The Labute approximate surface area is 209 Å². The second-order valence-electron chi connectivity index (χ2n) is 8.57. The molecule has 2 rings (SSSR count). The van der Waals surface area contributed by atoms with Crippen molar-refractivity contribution in [2.45, 2.75) is 52.6 Å². The van der Waals surface area contributed by atoms with Crippen molar-refractivity contribution in [3.63, 3.8) is 0 Å². The molecule has 7 heteroatoms. The van der Waals surface area contributed by atoms with Gasteiger partial charge in [0, 0.05) is 26.1 Å². The average molecular weight is 485 g/mol. The molecule has 0 saturated heterocycles. The molecule has 0 aromatic heterocycles. The molecular weight excluding hydrogens is 444 g/mol. The molecule has 0 aliphatic rings. The number of hydrogen-bond acceptors (Lipinski definition) is 4. The Hall–Kier alpha value is -3.06. The van der Waals surface area contributed by atoms with Gasteiger partial charge >= 0.3 is 12.0 Å². The van der Waals surface area contributed by atoms with Gasteiger partial charge in [-0.15, -0.1) is 0 Å². The maximum atomic E-state index is 12.9. The van der Waals surface area contributed by atoms with Crippen molar-refractivity contribution in [3.05, 3.63) is 65.7 Å². The van der Waals surface area contributed by atoms with E-state index in [9.17, 15) is 14.7 Å². The summed E-state index contributed by atoms with van der Waals surface area (Å²) in [7, 11) is 0. The van der Waals surface area contributed by atoms with E-state index >= 15 is 0 Å². The van der Waals surface area contributed by atoms with Gasteiger partial charge < -0.3 is 24.8 Å². The molecule has 0 aliphatic heterocycles. The van der Waals surface area contributed by atoms with E-state index in [1.807, 2.05) is 47.4 Å². The SMILES string of the molecule is CCOC(Cc1ccc(OCCN(CC(CC)CC)C(=O)NCCc2ccccc2)cc1)C(=O)O. The van der Waals surface area contributed by atoms with Crippen LogP contribution in [-0.2, 0) is 22.4 Å². The summed E-state index contributed by atoms with van der Waals surface area (Å²) in [5, 5.41) is 12.3. The molecule has 2 aromatic carbocycles. The van der Waals surface area contributed by atoms with Gasteiger partial charge in [-0.05, 0) is 42.5 Å². The van der Waals surface area contributed by atoms with Crippen LogP contribution < -0.4 is 10.1 Å². The summed E-state index contributed by atoms with van der Waals surface area (Å²) in [5.74, 6) is 0.164. The Morgan fingerprint density at radius 1 is 0.971 bits per heavy atom. The molecule has 0 aliphatic carbocycles. The predicted octanol–water partition coefficient (Wildman–Crippen LogP) is 4.79. The van der Waals surface area contributed by atoms with Crippen molar-refractivity contribution in [3.8, 4) is 5.75 Å². The monoisotopic (exact) mass is 484 g/mol. The summed E-state index contributed by atoms with van der Waals surface area (Å²) in [6.07, 6.45) is 2.28. The highest BCUT2D eigenvalue weighted by Crippen LogP contribution is 2.15. The standard InChI is InChI=1S/C28H40N2O5/c1-4-22(5-2)21-30(28(33)29-17-16-23-10-8-7-9-11-23)18-19-35-25-14-12-24(13-15-25)20-26(27(31)32)34-6-3/h7-15,22,26H,4-6,16-21H2,1-3H3,(H,29,33)(H,31,32). The Morgan fingerprint density at radius 3 is 2.26 bits per heavy atom. The zero-order valence-electron chi connectivity index (χ0n) is 21.2. The molecule has 2 N–H and O–H groups in total. The van der Waals surface area contributed by atoms with Crippen LogP contribution in [0.1, 0.15) is 44.7 Å². The van der Waals surface area contributed by atoms with Gasteiger partial charge in [-0.25, -0.2) is 9.59 Å². The van der Waals surface area contributed by atoms with E-state index in [2.05, 4.69) is 31.3 Å². The van der Waals surface area contributed by atoms with Gasteiger partial charge in [-0.1, -0.05) is 69.2 Å². The number of carbonyl (C=O) groups excluding carboxylic acids is 1. The number of carboxylic acids is 1. The minimum atomic E-state index is -0.966. The minimum absolute atomic E-state index is 0.0672. The van der Waals surface area contributed by atoms with Crippen LogP contribution in [0.15, 0.2) is 54.6 Å². The smallest absolute Gasteiger partial charge is 0.333 e. The van der Waals surface area contributed by atoms with E-state index in [1.54, 1.807) is 6.92 Å². The third-order valence-corrected chi connectivity index (χ3v) is 6.07. The Kier molecular flexibility index (Phi) is 12.7. The van der Waals surface area contributed by atoms with E-state index in [-0.39, 0.29) is 6.03 Å². The lowest BCUT2D eigenvalue weighted by Gasteiger charge is -2.27. The van der Waals surface area contributed by atoms with Gasteiger partial charge in [0.25, 0.3) is 0 Å². The van der Waals surface area contributed by atoms with Gasteiger partial charge in [-0.2, -0.15) is 0 Å². The quantitative estimate of drug-likeness (QED) is 0.358. The summed E-state index contributed by atoms with van der Waals surface area (Å²) in [6.45, 7) is 8.58. The molecule has 0 fully saturated rings. The lowest BCUT2D eigenvalue weighted by molar-refractivity contribution is -0.149. The van der Waals surface area contributed by atoms with Crippen LogP contribution in [0.4, 0.5) is 4.79 Å². The van der Waals surface area contributed by atoms with Crippen molar-refractivity contribution in [2.75, 3.05) is 32.8 Å². The Morgan fingerprint density at radius 2 is 1.66 bits per heavy atom. The lowest BCUT2D eigenvalue weighted by Crippen LogP contribution is -2.45. The van der Waals surface area contributed by atoms with E-state index < -0.39 is 12.1 Å². The summed E-state index contributed by atoms with van der Waals surface area (Å²) < 4.78 is 11.2. The number of carbonyl (C=O) groups is 2. The summed E-state index contributed by atoms with van der Waals surface area (Å²) in [5.41, 5.74) is 2.06. The molecule has 192 valence electrons. The first kappa shape index (κ1) is 28.2. The van der Waals surface area contributed by atoms with E-state index in [1.165, 1.54) is 5.56 Å². The first-order valence-corrected chi connectivity index (χ1v) is 12.6. The van der Waals surface area contributed by atoms with Gasteiger partial charge in [0.05, 0.1) is 6.54 Å². The number of carboxylic acid groups (broad SMARTS) is 1. The van der Waals surface area contributed by atoms with Crippen LogP contribution in [0.2, 0.25) is 0 Å². The predicted molar refractivity (Wildman–Crippen MR) is 138 cm³/mol. The fourth-order valence-electron chi connectivity index (χ4n) is 3.83. The molecule has 0 spiro atoms. The minimum Gasteiger partial charge on any atom is -0.492 e. The molecule has 1 atom stereocenters. The maximum Gasteiger partial charge on any atom is 0.333 e. The maximum absolute atomic E-state index is 12.9. The van der Waals surface area contributed by atoms with Gasteiger partial charge in [0.15, 0.2) is 6.10 Å². The number of rotatable bonds is 16. The number of benzene rings is 2. The van der Waals surface area contributed by atoms with Crippen molar-refractivity contribution >= 4 is 12.0 Å². The van der Waals surface area contributed by atoms with Gasteiger partial charge in [0.2, 0.25) is 0 Å². The molecule has 2 aromatic rings. The highest BCUT2D eigenvalue weighted by atomic mass is 16.5. The third kappa shape index (κ3) is 10.4. The van der Waals surface area contributed by atoms with Crippen molar-refractivity contribution in [2.24, 2.45) is 5.92 Å². The largest absolute Gasteiger partial charge is 0.492 e. The highest BCUT2D eigenvalue weighted by Gasteiger charge is 2.19. The molecular formula is C28H40N2O5. The summed E-state index contributed by atoms with van der Waals surface area (Å²) >= 11 is 0. The normalized spacial score (nSPS) is 11.8. The molecule has 7 nitrogen and oxygen atoms in total. The number of nitrogens with zero attached hydrogens (tertiary/aromatic N) is 1. The first-order valence-electron chi connectivity index (χ1n) is 12.6. The molecule has 1 unspecified atom stereocenters. The molecule has 35 heavy (non-hydrogen) atoms. The van der Waals surface area contributed by atoms with Crippen molar-refractivity contribution < 1.29 is 24.2 Å². The zero-order chi connectivity index (χ0) is 25.5. The second kappa shape index (κ2) is 15.8. The highest BCUT2D eigenvalue weighted by molar-refractivity contribution is 5.74. The number of aliphatic carboxylic acids is 1.